The average molecular weight is 361 g/mol. The number of aromatic nitrogens is 2. The van der Waals surface area contributed by atoms with Crippen LogP contribution < -0.4 is 0 Å². The van der Waals surface area contributed by atoms with E-state index in [1.54, 1.807) is 24.5 Å². The SMILES string of the molecule is O=C(O)c1ccccc1CN(CCc1ccccn1)CCc1ccccn1. The Morgan fingerprint density at radius 2 is 1.37 bits per heavy atom. The van der Waals surface area contributed by atoms with E-state index in [1.807, 2.05) is 48.5 Å². The Balaban J connectivity index is 1.71. The maximum absolute atomic E-state index is 11.5. The normalized spacial score (nSPS) is 10.9. The summed E-state index contributed by atoms with van der Waals surface area (Å²) in [6.07, 6.45) is 5.23. The molecule has 2 heterocycles. The summed E-state index contributed by atoms with van der Waals surface area (Å²) in [6.45, 7) is 2.19. The van der Waals surface area contributed by atoms with Gasteiger partial charge in [0.2, 0.25) is 0 Å². The number of benzene rings is 1. The number of pyridine rings is 2. The topological polar surface area (TPSA) is 66.3 Å². The third-order valence-electron chi connectivity index (χ3n) is 4.46. The molecule has 0 radical (unpaired) electrons. The Bertz CT molecular complexity index is 810. The van der Waals surface area contributed by atoms with Gasteiger partial charge in [0, 0.05) is 56.3 Å². The third kappa shape index (κ3) is 5.72. The van der Waals surface area contributed by atoms with Crippen LogP contribution in [0, 0.1) is 0 Å². The van der Waals surface area contributed by atoms with Crippen LogP contribution in [-0.2, 0) is 19.4 Å². The first-order valence-corrected chi connectivity index (χ1v) is 9.06. The second-order valence-corrected chi connectivity index (χ2v) is 6.38. The second-order valence-electron chi connectivity index (χ2n) is 6.38. The fraction of sp³-hybridized carbons (Fsp3) is 0.227. The van der Waals surface area contributed by atoms with Crippen molar-refractivity contribution in [2.24, 2.45) is 0 Å². The van der Waals surface area contributed by atoms with E-state index >= 15 is 0 Å². The van der Waals surface area contributed by atoms with Crippen molar-refractivity contribution in [2.45, 2.75) is 19.4 Å². The molecule has 0 aliphatic heterocycles. The molecule has 0 unspecified atom stereocenters. The van der Waals surface area contributed by atoms with Crippen molar-refractivity contribution in [1.82, 2.24) is 14.9 Å². The van der Waals surface area contributed by atoms with Crippen LogP contribution in [0.2, 0.25) is 0 Å². The molecule has 3 aromatic rings. The Kier molecular flexibility index (Phi) is 6.66. The minimum absolute atomic E-state index is 0.359. The highest BCUT2D eigenvalue weighted by Crippen LogP contribution is 2.13. The van der Waals surface area contributed by atoms with Gasteiger partial charge in [0.1, 0.15) is 0 Å². The van der Waals surface area contributed by atoms with Crippen LogP contribution in [-0.4, -0.2) is 39.0 Å². The lowest BCUT2D eigenvalue weighted by Crippen LogP contribution is -2.29. The van der Waals surface area contributed by atoms with E-state index < -0.39 is 5.97 Å². The van der Waals surface area contributed by atoms with Crippen LogP contribution >= 0.6 is 0 Å². The zero-order chi connectivity index (χ0) is 18.9. The molecular formula is C22H23N3O2. The highest BCUT2D eigenvalue weighted by Gasteiger charge is 2.13. The lowest BCUT2D eigenvalue weighted by Gasteiger charge is -2.23. The summed E-state index contributed by atoms with van der Waals surface area (Å²) in [6, 6.07) is 19.0. The molecule has 3 rings (SSSR count). The molecule has 0 aliphatic rings. The molecule has 0 aliphatic carbocycles. The van der Waals surface area contributed by atoms with Crippen LogP contribution in [0.3, 0.4) is 0 Å². The highest BCUT2D eigenvalue weighted by molar-refractivity contribution is 5.89. The predicted octanol–water partition coefficient (Wildman–Crippen LogP) is 3.46. The van der Waals surface area contributed by atoms with Crippen molar-refractivity contribution in [3.8, 4) is 0 Å². The summed E-state index contributed by atoms with van der Waals surface area (Å²) in [7, 11) is 0. The van der Waals surface area contributed by atoms with E-state index in [-0.39, 0.29) is 0 Å². The summed E-state index contributed by atoms with van der Waals surface area (Å²) in [5, 5.41) is 9.46. The van der Waals surface area contributed by atoms with Gasteiger partial charge in [-0.25, -0.2) is 4.79 Å². The quantitative estimate of drug-likeness (QED) is 0.632. The molecule has 0 atom stereocenters. The van der Waals surface area contributed by atoms with Gasteiger partial charge in [0.05, 0.1) is 5.56 Å². The van der Waals surface area contributed by atoms with E-state index in [0.29, 0.717) is 12.1 Å². The van der Waals surface area contributed by atoms with Crippen molar-refractivity contribution in [3.63, 3.8) is 0 Å². The monoisotopic (exact) mass is 361 g/mol. The first kappa shape index (κ1) is 18.7. The fourth-order valence-corrected chi connectivity index (χ4v) is 3.01. The Hall–Kier alpha value is -3.05. The van der Waals surface area contributed by atoms with Crippen molar-refractivity contribution in [3.05, 3.63) is 95.6 Å². The number of nitrogens with zero attached hydrogens (tertiary/aromatic N) is 3. The number of hydrogen-bond acceptors (Lipinski definition) is 4. The molecule has 138 valence electrons. The molecule has 0 bridgehead atoms. The largest absolute Gasteiger partial charge is 0.478 e. The highest BCUT2D eigenvalue weighted by atomic mass is 16.4. The molecule has 1 N–H and O–H groups in total. The zero-order valence-electron chi connectivity index (χ0n) is 15.2. The number of carboxylic acids is 1. The predicted molar refractivity (Wildman–Crippen MR) is 105 cm³/mol. The number of rotatable bonds is 9. The molecule has 0 amide bonds. The van der Waals surface area contributed by atoms with Crippen molar-refractivity contribution >= 4 is 5.97 Å². The Morgan fingerprint density at radius 1 is 0.815 bits per heavy atom. The van der Waals surface area contributed by atoms with Crippen molar-refractivity contribution in [2.75, 3.05) is 13.1 Å². The van der Waals surface area contributed by atoms with Gasteiger partial charge in [-0.2, -0.15) is 0 Å². The zero-order valence-corrected chi connectivity index (χ0v) is 15.2. The van der Waals surface area contributed by atoms with Gasteiger partial charge in [-0.15, -0.1) is 0 Å². The molecule has 0 saturated carbocycles. The van der Waals surface area contributed by atoms with E-state index in [2.05, 4.69) is 14.9 Å². The van der Waals surface area contributed by atoms with Crippen molar-refractivity contribution in [1.29, 1.82) is 0 Å². The van der Waals surface area contributed by atoms with Crippen molar-refractivity contribution < 1.29 is 9.90 Å². The summed E-state index contributed by atoms with van der Waals surface area (Å²) in [5.41, 5.74) is 3.25. The lowest BCUT2D eigenvalue weighted by molar-refractivity contribution is 0.0694. The van der Waals surface area contributed by atoms with Gasteiger partial charge in [0.15, 0.2) is 0 Å². The maximum Gasteiger partial charge on any atom is 0.336 e. The molecule has 5 heteroatoms. The van der Waals surface area contributed by atoms with Gasteiger partial charge >= 0.3 is 5.97 Å². The van der Waals surface area contributed by atoms with Crippen LogP contribution in [0.5, 0.6) is 0 Å². The second kappa shape index (κ2) is 9.59. The van der Waals surface area contributed by atoms with E-state index in [0.717, 1.165) is 42.9 Å². The van der Waals surface area contributed by atoms with Crippen LogP contribution in [0.25, 0.3) is 0 Å². The average Bonchev–Trinajstić information content (AvgIpc) is 2.72. The number of aromatic carboxylic acids is 1. The first-order chi connectivity index (χ1) is 13.2. The molecule has 2 aromatic heterocycles. The lowest BCUT2D eigenvalue weighted by atomic mass is 10.1. The van der Waals surface area contributed by atoms with Gasteiger partial charge < -0.3 is 5.11 Å². The molecule has 0 saturated heterocycles. The minimum atomic E-state index is -0.889. The smallest absolute Gasteiger partial charge is 0.336 e. The van der Waals surface area contributed by atoms with Crippen LogP contribution in [0.4, 0.5) is 0 Å². The summed E-state index contributed by atoms with van der Waals surface area (Å²) < 4.78 is 0. The van der Waals surface area contributed by atoms with Crippen LogP contribution in [0.15, 0.2) is 73.1 Å². The summed E-state index contributed by atoms with van der Waals surface area (Å²) in [5.74, 6) is -0.889. The van der Waals surface area contributed by atoms with E-state index in [4.69, 9.17) is 0 Å². The molecule has 0 fully saturated rings. The molecular weight excluding hydrogens is 338 g/mol. The Labute approximate surface area is 159 Å². The van der Waals surface area contributed by atoms with Crippen LogP contribution in [0.1, 0.15) is 27.3 Å². The van der Waals surface area contributed by atoms with Gasteiger partial charge in [-0.05, 0) is 35.9 Å². The number of carbonyl (C=O) groups is 1. The van der Waals surface area contributed by atoms with Gasteiger partial charge in [-0.1, -0.05) is 30.3 Å². The van der Waals surface area contributed by atoms with E-state index in [9.17, 15) is 9.90 Å². The van der Waals surface area contributed by atoms with Gasteiger partial charge in [0.25, 0.3) is 0 Å². The minimum Gasteiger partial charge on any atom is -0.478 e. The molecule has 1 aromatic carbocycles. The first-order valence-electron chi connectivity index (χ1n) is 9.06. The maximum atomic E-state index is 11.5. The standard InChI is InChI=1S/C22H23N3O2/c26-22(27)21-10-2-1-7-18(21)17-25(15-11-19-8-3-5-13-23-19)16-12-20-9-4-6-14-24-20/h1-10,13-14H,11-12,15-17H2,(H,26,27). The number of carboxylic acid groups (broad SMARTS) is 1. The molecule has 27 heavy (non-hydrogen) atoms. The Morgan fingerprint density at radius 3 is 1.89 bits per heavy atom. The summed E-state index contributed by atoms with van der Waals surface area (Å²) in [4.78, 5) is 22.6. The number of hydrogen-bond donors (Lipinski definition) is 1. The third-order valence-corrected chi connectivity index (χ3v) is 4.46. The fourth-order valence-electron chi connectivity index (χ4n) is 3.01. The van der Waals surface area contributed by atoms with Gasteiger partial charge in [-0.3, -0.25) is 14.9 Å². The van der Waals surface area contributed by atoms with E-state index in [1.165, 1.54) is 0 Å². The molecule has 0 spiro atoms. The summed E-state index contributed by atoms with van der Waals surface area (Å²) >= 11 is 0. The molecule has 5 nitrogen and oxygen atoms in total.